The van der Waals surface area contributed by atoms with E-state index in [0.29, 0.717) is 6.04 Å². The van der Waals surface area contributed by atoms with Crippen LogP contribution in [0.25, 0.3) is 16.5 Å². The fraction of sp³-hybridized carbons (Fsp3) is 0.360. The minimum absolute atomic E-state index is 0.0434. The van der Waals surface area contributed by atoms with E-state index in [2.05, 4.69) is 52.8 Å². The summed E-state index contributed by atoms with van der Waals surface area (Å²) in [6.45, 7) is 0.994. The number of aliphatic hydroxyl groups excluding tert-OH is 1. The Labute approximate surface area is 172 Å². The highest BCUT2D eigenvalue weighted by Gasteiger charge is 2.16. The Morgan fingerprint density at radius 2 is 1.97 bits per heavy atom. The molecule has 2 aromatic carbocycles. The third kappa shape index (κ3) is 4.55. The van der Waals surface area contributed by atoms with E-state index < -0.39 is 0 Å². The number of aromatic amines is 1. The second-order valence-corrected chi connectivity index (χ2v) is 7.80. The number of nitrogens with one attached hydrogen (secondary N) is 2. The lowest BCUT2D eigenvalue weighted by Crippen LogP contribution is -2.32. The van der Waals surface area contributed by atoms with Gasteiger partial charge in [0.15, 0.2) is 0 Å². The van der Waals surface area contributed by atoms with Crippen LogP contribution in [0, 0.1) is 0 Å². The number of benzene rings is 2. The number of hydrogen-bond acceptors (Lipinski definition) is 3. The molecule has 4 nitrogen and oxygen atoms in total. The first kappa shape index (κ1) is 19.7. The number of methoxy groups -OCH3 is 1. The maximum atomic E-state index is 9.77. The van der Waals surface area contributed by atoms with Gasteiger partial charge in [0.1, 0.15) is 5.75 Å². The van der Waals surface area contributed by atoms with Gasteiger partial charge in [0, 0.05) is 29.2 Å². The highest BCUT2D eigenvalue weighted by molar-refractivity contribution is 5.86. The fourth-order valence-electron chi connectivity index (χ4n) is 4.38. The van der Waals surface area contributed by atoms with Gasteiger partial charge in [0.2, 0.25) is 0 Å². The summed E-state index contributed by atoms with van der Waals surface area (Å²) >= 11 is 0. The first-order valence-corrected chi connectivity index (χ1v) is 10.5. The molecule has 0 spiro atoms. The lowest BCUT2D eigenvalue weighted by Gasteiger charge is -2.24. The van der Waals surface area contributed by atoms with E-state index in [1.807, 2.05) is 12.1 Å². The van der Waals surface area contributed by atoms with Crippen molar-refractivity contribution in [2.24, 2.45) is 0 Å². The molecule has 1 aliphatic rings. The van der Waals surface area contributed by atoms with E-state index in [1.54, 1.807) is 7.11 Å². The van der Waals surface area contributed by atoms with E-state index >= 15 is 0 Å². The van der Waals surface area contributed by atoms with Gasteiger partial charge >= 0.3 is 0 Å². The highest BCUT2D eigenvalue weighted by Crippen LogP contribution is 2.29. The maximum Gasteiger partial charge on any atom is 0.119 e. The van der Waals surface area contributed by atoms with Crippen LogP contribution in [0.1, 0.15) is 42.5 Å². The molecule has 0 bridgehead atoms. The molecular formula is C25H30N2O2. The molecular weight excluding hydrogens is 360 g/mol. The molecule has 4 rings (SSSR count). The minimum atomic E-state index is 0.0434. The first-order valence-electron chi connectivity index (χ1n) is 10.5. The van der Waals surface area contributed by atoms with Crippen LogP contribution in [0.4, 0.5) is 0 Å². The second-order valence-electron chi connectivity index (χ2n) is 7.80. The van der Waals surface area contributed by atoms with Gasteiger partial charge in [-0.05, 0) is 60.6 Å². The van der Waals surface area contributed by atoms with Crippen molar-refractivity contribution in [1.82, 2.24) is 10.3 Å². The predicted octanol–water partition coefficient (Wildman–Crippen LogP) is 4.83. The van der Waals surface area contributed by atoms with E-state index in [0.717, 1.165) is 42.8 Å². The van der Waals surface area contributed by atoms with Crippen LogP contribution in [0.5, 0.6) is 5.75 Å². The van der Waals surface area contributed by atoms with Crippen LogP contribution in [0.15, 0.2) is 54.6 Å². The zero-order chi connectivity index (χ0) is 20.1. The van der Waals surface area contributed by atoms with Gasteiger partial charge in [-0.1, -0.05) is 42.8 Å². The average molecular weight is 391 g/mol. The maximum absolute atomic E-state index is 9.77. The molecule has 0 radical (unpaired) electrons. The van der Waals surface area contributed by atoms with Gasteiger partial charge in [0.25, 0.3) is 0 Å². The first-order chi connectivity index (χ1) is 14.3. The summed E-state index contributed by atoms with van der Waals surface area (Å²) in [5.41, 5.74) is 6.03. The number of aryl methyl sites for hydroxylation is 1. The SMILES string of the molecule is COc1ccc2[nH]c(CO)c(CCCCC3CC(c4ccccc4)=CCN3)c2c1. The van der Waals surface area contributed by atoms with E-state index in [-0.39, 0.29) is 6.61 Å². The summed E-state index contributed by atoms with van der Waals surface area (Å²) in [6.07, 6.45) is 7.83. The molecule has 1 unspecified atom stereocenters. The summed E-state index contributed by atoms with van der Waals surface area (Å²) in [7, 11) is 1.69. The number of aliphatic hydroxyl groups is 1. The van der Waals surface area contributed by atoms with Crippen LogP contribution in [-0.4, -0.2) is 29.8 Å². The lowest BCUT2D eigenvalue weighted by atomic mass is 9.92. The molecule has 0 fully saturated rings. The minimum Gasteiger partial charge on any atom is -0.497 e. The zero-order valence-electron chi connectivity index (χ0n) is 17.1. The Bertz CT molecular complexity index is 975. The predicted molar refractivity (Wildman–Crippen MR) is 119 cm³/mol. The van der Waals surface area contributed by atoms with Crippen molar-refractivity contribution in [3.05, 3.63) is 71.4 Å². The van der Waals surface area contributed by atoms with Crippen molar-refractivity contribution in [3.63, 3.8) is 0 Å². The zero-order valence-corrected chi connectivity index (χ0v) is 17.1. The molecule has 3 N–H and O–H groups in total. The molecule has 4 heteroatoms. The Morgan fingerprint density at radius 1 is 1.10 bits per heavy atom. The highest BCUT2D eigenvalue weighted by atomic mass is 16.5. The van der Waals surface area contributed by atoms with Crippen molar-refractivity contribution >= 4 is 16.5 Å². The lowest BCUT2D eigenvalue weighted by molar-refractivity contribution is 0.276. The Hall–Kier alpha value is -2.56. The Kier molecular flexibility index (Phi) is 6.33. The average Bonchev–Trinajstić information content (AvgIpc) is 3.14. The van der Waals surface area contributed by atoms with Gasteiger partial charge in [-0.3, -0.25) is 0 Å². The third-order valence-corrected chi connectivity index (χ3v) is 5.96. The smallest absolute Gasteiger partial charge is 0.119 e. The summed E-state index contributed by atoms with van der Waals surface area (Å²) in [4.78, 5) is 3.35. The standard InChI is InChI=1S/C25H30N2O2/c1-29-21-11-12-24-23(16-21)22(25(17-28)27-24)10-6-5-9-20-15-19(13-14-26-20)18-7-3-2-4-8-18/h2-4,7-8,11-13,16,20,26-28H,5-6,9-10,14-15,17H2,1H3. The number of aromatic nitrogens is 1. The van der Waals surface area contributed by atoms with Crippen molar-refractivity contribution in [2.75, 3.05) is 13.7 Å². The van der Waals surface area contributed by atoms with Crippen LogP contribution >= 0.6 is 0 Å². The monoisotopic (exact) mass is 390 g/mol. The number of unbranched alkanes of at least 4 members (excludes halogenated alkanes) is 1. The topological polar surface area (TPSA) is 57.3 Å². The molecule has 0 amide bonds. The molecule has 0 saturated carbocycles. The summed E-state index contributed by atoms with van der Waals surface area (Å²) < 4.78 is 5.38. The molecule has 29 heavy (non-hydrogen) atoms. The fourth-order valence-corrected chi connectivity index (χ4v) is 4.38. The van der Waals surface area contributed by atoms with Crippen LogP contribution in [0.2, 0.25) is 0 Å². The molecule has 0 saturated heterocycles. The normalized spacial score (nSPS) is 16.8. The second kappa shape index (κ2) is 9.29. The summed E-state index contributed by atoms with van der Waals surface area (Å²) in [5.74, 6) is 0.855. The van der Waals surface area contributed by atoms with Crippen LogP contribution in [0.3, 0.4) is 0 Å². The number of ether oxygens (including phenoxy) is 1. The van der Waals surface area contributed by atoms with Gasteiger partial charge in [-0.2, -0.15) is 0 Å². The van der Waals surface area contributed by atoms with Crippen molar-refractivity contribution < 1.29 is 9.84 Å². The number of rotatable bonds is 8. The number of H-pyrrole nitrogens is 1. The number of hydrogen-bond donors (Lipinski definition) is 3. The van der Waals surface area contributed by atoms with Crippen LogP contribution < -0.4 is 10.1 Å². The molecule has 0 aliphatic carbocycles. The largest absolute Gasteiger partial charge is 0.497 e. The van der Waals surface area contributed by atoms with Crippen molar-refractivity contribution in [1.29, 1.82) is 0 Å². The Morgan fingerprint density at radius 3 is 2.76 bits per heavy atom. The molecule has 1 atom stereocenters. The summed E-state index contributed by atoms with van der Waals surface area (Å²) in [5, 5.41) is 14.6. The van der Waals surface area contributed by atoms with Crippen molar-refractivity contribution in [3.8, 4) is 5.75 Å². The summed E-state index contributed by atoms with van der Waals surface area (Å²) in [6, 6.07) is 17.3. The molecule has 152 valence electrons. The van der Waals surface area contributed by atoms with E-state index in [1.165, 1.54) is 34.9 Å². The molecule has 3 aromatic rings. The third-order valence-electron chi connectivity index (χ3n) is 5.96. The van der Waals surface area contributed by atoms with Gasteiger partial charge < -0.3 is 20.1 Å². The van der Waals surface area contributed by atoms with Crippen LogP contribution in [-0.2, 0) is 13.0 Å². The molecule has 1 aliphatic heterocycles. The van der Waals surface area contributed by atoms with Gasteiger partial charge in [0.05, 0.1) is 13.7 Å². The molecule has 2 heterocycles. The van der Waals surface area contributed by atoms with Crippen molar-refractivity contribution in [2.45, 2.75) is 44.8 Å². The van der Waals surface area contributed by atoms with Gasteiger partial charge in [-0.25, -0.2) is 0 Å². The number of fused-ring (bicyclic) bond motifs is 1. The van der Waals surface area contributed by atoms with E-state index in [4.69, 9.17) is 4.74 Å². The quantitative estimate of drug-likeness (QED) is 0.483. The van der Waals surface area contributed by atoms with E-state index in [9.17, 15) is 5.11 Å². The van der Waals surface area contributed by atoms with Gasteiger partial charge in [-0.15, -0.1) is 0 Å². The molecule has 1 aromatic heterocycles. The Balaban J connectivity index is 1.34.